The molecule has 2 aromatic carbocycles. The molecule has 0 saturated heterocycles. The molecule has 0 aliphatic rings. The molecule has 0 atom stereocenters. The van der Waals surface area contributed by atoms with Crippen LogP contribution in [0.3, 0.4) is 0 Å². The Kier molecular flexibility index (Phi) is 8.90. The highest BCUT2D eigenvalue weighted by Gasteiger charge is 2.06. The third-order valence-electron chi connectivity index (χ3n) is 1.51. The van der Waals surface area contributed by atoms with E-state index in [1.165, 1.54) is 0 Å². The summed E-state index contributed by atoms with van der Waals surface area (Å²) in [5, 5.41) is 17.3. The van der Waals surface area contributed by atoms with E-state index >= 15 is 0 Å². The van der Waals surface area contributed by atoms with Crippen molar-refractivity contribution in [3.05, 3.63) is 60.7 Å². The lowest BCUT2D eigenvalue weighted by molar-refractivity contribution is 0.475. The molecular weight excluding hydrogens is 244 g/mol. The molecule has 0 aliphatic carbocycles. The maximum atomic E-state index is 9.67. The van der Waals surface area contributed by atoms with Crippen LogP contribution in [0.5, 0.6) is 11.5 Å². The number of hydrogen-bond acceptors (Lipinski definition) is 2. The zero-order chi connectivity index (χ0) is 13.8. The average Bonchev–Trinajstić information content (AvgIpc) is 2.31. The highest BCUT2D eigenvalue weighted by atomic mass is 19.4. The Morgan fingerprint density at radius 3 is 0.944 bits per heavy atom. The van der Waals surface area contributed by atoms with E-state index in [0.29, 0.717) is 11.5 Å². The topological polar surface area (TPSA) is 40.5 Å². The van der Waals surface area contributed by atoms with Crippen LogP contribution in [0.15, 0.2) is 60.7 Å². The van der Waals surface area contributed by atoms with Crippen molar-refractivity contribution in [1.82, 2.24) is 0 Å². The molecule has 2 aromatic rings. The first-order chi connectivity index (χ1) is 8.52. The molecule has 6 heteroatoms. The fourth-order valence-corrected chi connectivity index (χ4v) is 0.856. The van der Waals surface area contributed by atoms with Crippen LogP contribution in [0.25, 0.3) is 0 Å². The molecule has 2 N–H and O–H groups in total. The molecule has 2 rings (SSSR count). The Hall–Kier alpha value is -2.11. The van der Waals surface area contributed by atoms with Gasteiger partial charge in [-0.2, -0.15) is 0 Å². The summed E-state index contributed by atoms with van der Waals surface area (Å²) >= 11 is 0. The molecule has 0 heterocycles. The smallest absolute Gasteiger partial charge is 0.508 e. The van der Waals surface area contributed by atoms with Crippen molar-refractivity contribution in [1.29, 1.82) is 0 Å². The first-order valence-corrected chi connectivity index (χ1v) is 4.92. The molecule has 0 fully saturated rings. The van der Waals surface area contributed by atoms with E-state index < -0.39 is 7.54 Å². The number of halogens is 3. The Balaban J connectivity index is 0.000000253. The van der Waals surface area contributed by atoms with Crippen LogP contribution < -0.4 is 0 Å². The van der Waals surface area contributed by atoms with Crippen molar-refractivity contribution in [2.75, 3.05) is 0 Å². The predicted octanol–water partition coefficient (Wildman–Crippen LogP) is 3.66. The number of rotatable bonds is 0. The van der Waals surface area contributed by atoms with Gasteiger partial charge in [0.05, 0.1) is 0 Å². The summed E-state index contributed by atoms with van der Waals surface area (Å²) in [5.41, 5.74) is 0. The van der Waals surface area contributed by atoms with E-state index in [2.05, 4.69) is 0 Å². The van der Waals surface area contributed by atoms with Crippen molar-refractivity contribution < 1.29 is 23.2 Å². The van der Waals surface area contributed by atoms with Gasteiger partial charge in [-0.1, -0.05) is 36.4 Å². The molecule has 0 aliphatic heterocycles. The molecular formula is C12H12BF3O2. The van der Waals surface area contributed by atoms with Gasteiger partial charge >= 0.3 is 7.54 Å². The number of para-hydroxylation sites is 2. The highest BCUT2D eigenvalue weighted by Crippen LogP contribution is 2.03. The lowest BCUT2D eigenvalue weighted by Crippen LogP contribution is -1.76. The summed E-state index contributed by atoms with van der Waals surface area (Å²) in [6.45, 7) is 0. The van der Waals surface area contributed by atoms with Crippen LogP contribution in [-0.2, 0) is 0 Å². The summed E-state index contributed by atoms with van der Waals surface area (Å²) in [5.74, 6) is 0.644. The van der Waals surface area contributed by atoms with Crippen molar-refractivity contribution in [2.24, 2.45) is 0 Å². The molecule has 0 aromatic heterocycles. The maximum absolute atomic E-state index is 9.67. The van der Waals surface area contributed by atoms with E-state index in [1.807, 2.05) is 12.1 Å². The average molecular weight is 256 g/mol. The Bertz CT molecular complexity index is 358. The molecule has 96 valence electrons. The van der Waals surface area contributed by atoms with E-state index in [-0.39, 0.29) is 0 Å². The molecule has 2 nitrogen and oxygen atoms in total. The molecule has 18 heavy (non-hydrogen) atoms. The molecule has 0 spiro atoms. The summed E-state index contributed by atoms with van der Waals surface area (Å²) in [6.07, 6.45) is 0. The third kappa shape index (κ3) is 12.0. The minimum atomic E-state index is -3.67. The van der Waals surface area contributed by atoms with Gasteiger partial charge in [0, 0.05) is 0 Å². The monoisotopic (exact) mass is 256 g/mol. The lowest BCUT2D eigenvalue weighted by Gasteiger charge is -1.82. The van der Waals surface area contributed by atoms with Gasteiger partial charge in [-0.3, -0.25) is 12.9 Å². The van der Waals surface area contributed by atoms with E-state index in [4.69, 9.17) is 10.2 Å². The molecule has 0 bridgehead atoms. The second kappa shape index (κ2) is 10.1. The number of benzene rings is 2. The van der Waals surface area contributed by atoms with Gasteiger partial charge in [0.1, 0.15) is 11.5 Å². The molecule has 0 unspecified atom stereocenters. The van der Waals surface area contributed by atoms with Gasteiger partial charge in [0.2, 0.25) is 0 Å². The van der Waals surface area contributed by atoms with Gasteiger partial charge in [-0.15, -0.1) is 0 Å². The quantitative estimate of drug-likeness (QED) is 0.706. The maximum Gasteiger partial charge on any atom is 0.762 e. The first-order valence-electron chi connectivity index (χ1n) is 4.92. The highest BCUT2D eigenvalue weighted by molar-refractivity contribution is 6.33. The van der Waals surface area contributed by atoms with Gasteiger partial charge in [-0.25, -0.2) is 0 Å². The minimum absolute atomic E-state index is 0.322. The van der Waals surface area contributed by atoms with E-state index in [0.717, 1.165) is 0 Å². The number of hydrogen-bond donors (Lipinski definition) is 2. The summed E-state index contributed by atoms with van der Waals surface area (Å²) < 4.78 is 29.0. The van der Waals surface area contributed by atoms with Gasteiger partial charge in [-0.05, 0) is 24.3 Å². The molecule has 0 radical (unpaired) electrons. The van der Waals surface area contributed by atoms with Crippen LogP contribution in [0.2, 0.25) is 0 Å². The van der Waals surface area contributed by atoms with Gasteiger partial charge in [0.25, 0.3) is 0 Å². The Morgan fingerprint density at radius 2 is 0.833 bits per heavy atom. The minimum Gasteiger partial charge on any atom is -0.508 e. The van der Waals surface area contributed by atoms with Crippen molar-refractivity contribution >= 4 is 7.54 Å². The number of phenols is 2. The van der Waals surface area contributed by atoms with Gasteiger partial charge in [0.15, 0.2) is 0 Å². The van der Waals surface area contributed by atoms with Crippen molar-refractivity contribution in [2.45, 2.75) is 0 Å². The normalized spacial score (nSPS) is 8.17. The molecule has 0 amide bonds. The summed E-state index contributed by atoms with van der Waals surface area (Å²) in [7, 11) is -3.67. The van der Waals surface area contributed by atoms with E-state index in [9.17, 15) is 12.9 Å². The zero-order valence-electron chi connectivity index (χ0n) is 9.38. The fraction of sp³-hybridized carbons (Fsp3) is 0. The summed E-state index contributed by atoms with van der Waals surface area (Å²) in [4.78, 5) is 0. The largest absolute Gasteiger partial charge is 0.762 e. The second-order valence-corrected chi connectivity index (χ2v) is 2.92. The predicted molar refractivity (Wildman–Crippen MR) is 65.3 cm³/mol. The standard InChI is InChI=1S/2C6H6O.BF3/c2*7-6-4-2-1-3-5-6;2-1(3)4/h2*1-5,7H;. The van der Waals surface area contributed by atoms with Crippen molar-refractivity contribution in [3.8, 4) is 11.5 Å². The second-order valence-electron chi connectivity index (χ2n) is 2.92. The van der Waals surface area contributed by atoms with E-state index in [1.54, 1.807) is 48.5 Å². The van der Waals surface area contributed by atoms with Crippen molar-refractivity contribution in [3.63, 3.8) is 0 Å². The van der Waals surface area contributed by atoms with Crippen LogP contribution in [0.1, 0.15) is 0 Å². The van der Waals surface area contributed by atoms with Crippen LogP contribution in [0, 0.1) is 0 Å². The van der Waals surface area contributed by atoms with Crippen LogP contribution >= 0.6 is 0 Å². The Morgan fingerprint density at radius 1 is 0.611 bits per heavy atom. The van der Waals surface area contributed by atoms with Crippen LogP contribution in [-0.4, -0.2) is 17.8 Å². The fourth-order valence-electron chi connectivity index (χ4n) is 0.856. The molecule has 0 saturated carbocycles. The van der Waals surface area contributed by atoms with Crippen LogP contribution in [0.4, 0.5) is 12.9 Å². The third-order valence-corrected chi connectivity index (χ3v) is 1.51. The lowest BCUT2D eigenvalue weighted by atomic mass is 10.3. The van der Waals surface area contributed by atoms with Gasteiger partial charge < -0.3 is 10.2 Å². The number of aromatic hydroxyl groups is 2. The number of phenolic OH excluding ortho intramolecular Hbond substituents is 2. The Labute approximate surface area is 104 Å². The summed E-state index contributed by atoms with van der Waals surface area (Å²) in [6, 6.07) is 17.4. The zero-order valence-corrected chi connectivity index (χ0v) is 9.38. The SMILES string of the molecule is FB(F)F.Oc1ccccc1.Oc1ccccc1. The first kappa shape index (κ1) is 15.9.